The largest absolute Gasteiger partial charge is 0.771 e. The van der Waals surface area contributed by atoms with E-state index in [0.717, 1.165) is 72.7 Å². The fourth-order valence-corrected chi connectivity index (χ4v) is 6.82. The lowest BCUT2D eigenvalue weighted by Gasteiger charge is -2.44. The van der Waals surface area contributed by atoms with Crippen LogP contribution in [0.5, 0.6) is 0 Å². The van der Waals surface area contributed by atoms with E-state index in [0.29, 0.717) is 25.7 Å². The number of aromatic amines is 1. The van der Waals surface area contributed by atoms with Crippen LogP contribution in [0.1, 0.15) is 50.1 Å². The molecule has 34 heavy (non-hydrogen) atoms. The summed E-state index contributed by atoms with van der Waals surface area (Å²) in [6.45, 7) is 2.57. The number of fused-ring (bicyclic) bond motifs is 3. The first-order chi connectivity index (χ1) is 16.7. The normalized spacial score (nSPS) is 26.1. The van der Waals surface area contributed by atoms with Gasteiger partial charge in [0.05, 0.1) is 42.7 Å². The van der Waals surface area contributed by atoms with E-state index in [-0.39, 0.29) is 12.0 Å². The number of rotatable bonds is 8. The summed E-state index contributed by atoms with van der Waals surface area (Å²) >= 11 is -2.15. The molecule has 1 N–H and O–H groups in total. The summed E-state index contributed by atoms with van der Waals surface area (Å²) in [6, 6.07) is 1.99. The van der Waals surface area contributed by atoms with Gasteiger partial charge in [-0.2, -0.15) is 0 Å². The van der Waals surface area contributed by atoms with Gasteiger partial charge < -0.3 is 19.0 Å². The van der Waals surface area contributed by atoms with Crippen LogP contribution in [0.25, 0.3) is 21.9 Å². The molecule has 184 valence electrons. The molecule has 4 heterocycles. The van der Waals surface area contributed by atoms with Crippen molar-refractivity contribution < 1.29 is 18.2 Å². The maximum atomic E-state index is 12.4. The van der Waals surface area contributed by atoms with Crippen LogP contribution in [-0.2, 0) is 20.6 Å². The van der Waals surface area contributed by atoms with Gasteiger partial charge in [-0.15, -0.1) is 0 Å². The highest BCUT2D eigenvalue weighted by atomic mass is 32.2. The zero-order valence-electron chi connectivity index (χ0n) is 19.5. The van der Waals surface area contributed by atoms with Crippen LogP contribution in [-0.4, -0.2) is 78.5 Å². The second-order valence-electron chi connectivity index (χ2n) is 9.40. The first kappa shape index (κ1) is 23.7. The van der Waals surface area contributed by atoms with Gasteiger partial charge in [-0.05, 0) is 74.1 Å². The third-order valence-corrected chi connectivity index (χ3v) is 8.47. The Kier molecular flexibility index (Phi) is 7.50. The molecule has 3 aromatic heterocycles. The lowest BCUT2D eigenvalue weighted by Crippen LogP contribution is -2.51. The van der Waals surface area contributed by atoms with E-state index in [1.165, 1.54) is 0 Å². The van der Waals surface area contributed by atoms with Crippen LogP contribution in [0, 0.1) is 5.92 Å². The molecule has 1 saturated carbocycles. The number of pyridine rings is 1. The predicted molar refractivity (Wildman–Crippen MR) is 129 cm³/mol. The van der Waals surface area contributed by atoms with Gasteiger partial charge in [0.1, 0.15) is 0 Å². The third-order valence-electron chi connectivity index (χ3n) is 7.40. The van der Waals surface area contributed by atoms with Gasteiger partial charge in [0.25, 0.3) is 0 Å². The number of likely N-dealkylation sites (tertiary alicyclic amines) is 1. The summed E-state index contributed by atoms with van der Waals surface area (Å²) < 4.78 is 35.8. The van der Waals surface area contributed by atoms with Crippen molar-refractivity contribution in [1.29, 1.82) is 0 Å². The molecule has 3 atom stereocenters. The van der Waals surface area contributed by atoms with Gasteiger partial charge in [0.15, 0.2) is 5.65 Å². The first-order valence-electron chi connectivity index (χ1n) is 12.1. The number of H-pyrrole nitrogens is 1. The van der Waals surface area contributed by atoms with Gasteiger partial charge in [0.2, 0.25) is 0 Å². The van der Waals surface area contributed by atoms with Crippen LogP contribution >= 0.6 is 0 Å². The second-order valence-corrected chi connectivity index (χ2v) is 10.4. The summed E-state index contributed by atoms with van der Waals surface area (Å²) in [6.07, 6.45) is 10.9. The van der Waals surface area contributed by atoms with Crippen LogP contribution < -0.4 is 0 Å². The lowest BCUT2D eigenvalue weighted by molar-refractivity contribution is -0.0290. The van der Waals surface area contributed by atoms with E-state index in [2.05, 4.69) is 24.8 Å². The maximum Gasteiger partial charge on any atom is 0.159 e. The Balaban J connectivity index is 1.29. The molecule has 2 aliphatic rings. The minimum atomic E-state index is -2.15. The van der Waals surface area contributed by atoms with Gasteiger partial charge in [0, 0.05) is 36.3 Å². The lowest BCUT2D eigenvalue weighted by atomic mass is 9.79. The molecule has 10 heteroatoms. The molecule has 0 aromatic carbocycles. The average Bonchev–Trinajstić information content (AvgIpc) is 3.34. The van der Waals surface area contributed by atoms with E-state index in [9.17, 15) is 8.76 Å². The highest BCUT2D eigenvalue weighted by Gasteiger charge is 2.35. The maximum absolute atomic E-state index is 12.4. The van der Waals surface area contributed by atoms with Crippen molar-refractivity contribution in [2.24, 2.45) is 5.92 Å². The number of hydrogen-bond acceptors (Lipinski definition) is 8. The number of aromatic nitrogens is 4. The van der Waals surface area contributed by atoms with Gasteiger partial charge in [-0.3, -0.25) is 9.11 Å². The van der Waals surface area contributed by atoms with Crippen LogP contribution in [0.4, 0.5) is 0 Å². The molecule has 3 unspecified atom stereocenters. The fourth-order valence-electron chi connectivity index (χ4n) is 5.80. The molecular formula is C24H32N5O4S-. The van der Waals surface area contributed by atoms with Crippen LogP contribution in [0.3, 0.4) is 0 Å². The summed E-state index contributed by atoms with van der Waals surface area (Å²) in [5.41, 5.74) is 2.76. The fraction of sp³-hybridized carbons (Fsp3) is 0.625. The van der Waals surface area contributed by atoms with E-state index >= 15 is 0 Å². The zero-order valence-corrected chi connectivity index (χ0v) is 20.3. The molecule has 3 aromatic rings. The van der Waals surface area contributed by atoms with Crippen molar-refractivity contribution in [3.05, 3.63) is 30.5 Å². The summed E-state index contributed by atoms with van der Waals surface area (Å²) in [7, 11) is 1.66. The topological polar surface area (TPSA) is 116 Å². The Morgan fingerprint density at radius 1 is 1.21 bits per heavy atom. The molecule has 2 fully saturated rings. The average molecular weight is 487 g/mol. The van der Waals surface area contributed by atoms with Gasteiger partial charge >= 0.3 is 0 Å². The minimum absolute atomic E-state index is 0.0678. The van der Waals surface area contributed by atoms with Crippen LogP contribution in [0.2, 0.25) is 0 Å². The summed E-state index contributed by atoms with van der Waals surface area (Å²) in [5.74, 6) is 0.456. The summed E-state index contributed by atoms with van der Waals surface area (Å²) in [4.78, 5) is 18.8. The molecule has 0 bridgehead atoms. The van der Waals surface area contributed by atoms with Crippen molar-refractivity contribution in [2.75, 3.05) is 33.4 Å². The molecule has 9 nitrogen and oxygen atoms in total. The SMILES string of the molecule is COCCOC1CCCN(C(C2CCC(c3[nH]cnc4cnc5nccc5c34)CC2)S(=O)[O-])C1. The molecule has 0 amide bonds. The second kappa shape index (κ2) is 10.7. The zero-order chi connectivity index (χ0) is 23.5. The summed E-state index contributed by atoms with van der Waals surface area (Å²) in [5, 5.41) is 1.65. The van der Waals surface area contributed by atoms with Crippen molar-refractivity contribution in [3.8, 4) is 0 Å². The number of hydrogen-bond donors (Lipinski definition) is 1. The Hall–Kier alpha value is -1.98. The molecule has 1 saturated heterocycles. The number of nitrogens with zero attached hydrogens (tertiary/aromatic N) is 4. The standard InChI is InChI=1S/C24H33N5O4S/c1-32-11-12-33-18-3-2-10-29(14-18)24(34(30)31)17-6-4-16(5-7-17)22-21-19-8-9-25-23(19)26-13-20(21)27-15-28-22/h8-9,13,15-18,24H,2-7,10-12,14H2,1H3,(H,27,28)(H,30,31)/p-1. The Bertz CT molecular complexity index is 1130. The highest BCUT2D eigenvalue weighted by Crippen LogP contribution is 2.41. The van der Waals surface area contributed by atoms with Gasteiger partial charge in [-0.1, -0.05) is 0 Å². The van der Waals surface area contributed by atoms with E-state index in [1.54, 1.807) is 25.8 Å². The monoisotopic (exact) mass is 486 g/mol. The molecule has 0 radical (unpaired) electrons. The number of piperidine rings is 1. The molecular weight excluding hydrogens is 454 g/mol. The van der Waals surface area contributed by atoms with Gasteiger partial charge in [-0.25, -0.2) is 15.0 Å². The molecule has 1 aliphatic carbocycles. The van der Waals surface area contributed by atoms with E-state index in [1.807, 2.05) is 6.07 Å². The molecule has 5 rings (SSSR count). The third kappa shape index (κ3) is 4.87. The Labute approximate surface area is 201 Å². The Morgan fingerprint density at radius 2 is 2.06 bits per heavy atom. The number of methoxy groups -OCH3 is 1. The van der Waals surface area contributed by atoms with E-state index in [4.69, 9.17) is 9.47 Å². The van der Waals surface area contributed by atoms with Crippen molar-refractivity contribution in [2.45, 2.75) is 55.9 Å². The quantitative estimate of drug-likeness (QED) is 0.381. The van der Waals surface area contributed by atoms with Crippen molar-refractivity contribution in [3.63, 3.8) is 0 Å². The van der Waals surface area contributed by atoms with Crippen molar-refractivity contribution in [1.82, 2.24) is 24.8 Å². The van der Waals surface area contributed by atoms with Crippen LogP contribution in [0.15, 0.2) is 24.8 Å². The number of ether oxygens (including phenoxy) is 2. The molecule has 1 aliphatic heterocycles. The smallest absolute Gasteiger partial charge is 0.159 e. The first-order valence-corrected chi connectivity index (χ1v) is 13.3. The Morgan fingerprint density at radius 3 is 2.85 bits per heavy atom. The highest BCUT2D eigenvalue weighted by molar-refractivity contribution is 7.79. The molecule has 0 spiro atoms. The predicted octanol–water partition coefficient (Wildman–Crippen LogP) is 3.11. The van der Waals surface area contributed by atoms with Crippen molar-refractivity contribution >= 4 is 33.0 Å². The van der Waals surface area contributed by atoms with E-state index < -0.39 is 16.5 Å². The number of nitrogens with one attached hydrogen (secondary N) is 1. The minimum Gasteiger partial charge on any atom is -0.771 e.